The monoisotopic (exact) mass is 499 g/mol. The van der Waals surface area contributed by atoms with Gasteiger partial charge in [0, 0.05) is 18.9 Å². The number of nitrogens with one attached hydrogen (secondary N) is 2. The molecule has 2 N–H and O–H groups in total. The first-order valence-corrected chi connectivity index (χ1v) is 9.63. The highest BCUT2D eigenvalue weighted by molar-refractivity contribution is 14.0. The molecule has 8 heteroatoms. The van der Waals surface area contributed by atoms with Crippen molar-refractivity contribution in [2.75, 3.05) is 6.54 Å². The Balaban J connectivity index is 0.00000225. The number of fused-ring (bicyclic) bond motifs is 2. The number of hydrogen-bond acceptors (Lipinski definition) is 3. The molecule has 2 saturated heterocycles. The summed E-state index contributed by atoms with van der Waals surface area (Å²) in [6.45, 7) is 5.08. The Morgan fingerprint density at radius 3 is 2.86 bits per heavy atom. The normalized spacial score (nSPS) is 23.5. The van der Waals surface area contributed by atoms with Crippen molar-refractivity contribution in [3.8, 4) is 5.69 Å². The van der Waals surface area contributed by atoms with E-state index in [-0.39, 0.29) is 35.9 Å². The number of hydrogen-bond donors (Lipinski definition) is 2. The zero-order chi connectivity index (χ0) is 18.8. The number of imidazole rings is 1. The number of aryl methyl sites for hydroxylation is 1. The molecule has 28 heavy (non-hydrogen) atoms. The van der Waals surface area contributed by atoms with Gasteiger partial charge in [-0.2, -0.15) is 0 Å². The standard InChI is InChI=1S/C20H26FN5O.HI/c1-3-22-20(25-17-11-15-5-7-19(17)27-15)24-12-14-4-6-18(16(21)10-14)26-9-8-23-13(26)2;/h4,6,8-10,15,17,19H,3,5,7,11-12H2,1-2H3,(H2,22,24,25);1H. The molecule has 3 atom stereocenters. The quantitative estimate of drug-likeness (QED) is 0.377. The maximum absolute atomic E-state index is 14.6. The number of rotatable bonds is 5. The van der Waals surface area contributed by atoms with Crippen molar-refractivity contribution >= 4 is 29.9 Å². The molecular weight excluding hydrogens is 472 g/mol. The van der Waals surface area contributed by atoms with Crippen LogP contribution < -0.4 is 10.6 Å². The van der Waals surface area contributed by atoms with Crippen LogP contribution in [-0.2, 0) is 11.3 Å². The fourth-order valence-corrected chi connectivity index (χ4v) is 3.93. The maximum Gasteiger partial charge on any atom is 0.191 e. The maximum atomic E-state index is 14.6. The highest BCUT2D eigenvalue weighted by Gasteiger charge is 2.41. The predicted molar refractivity (Wildman–Crippen MR) is 118 cm³/mol. The van der Waals surface area contributed by atoms with Crippen molar-refractivity contribution in [3.05, 3.63) is 47.8 Å². The minimum atomic E-state index is -0.275. The highest BCUT2D eigenvalue weighted by atomic mass is 127. The van der Waals surface area contributed by atoms with Crippen molar-refractivity contribution in [1.29, 1.82) is 0 Å². The second-order valence-electron chi connectivity index (χ2n) is 7.19. The summed E-state index contributed by atoms with van der Waals surface area (Å²) in [6.07, 6.45) is 7.41. The minimum absolute atomic E-state index is 0. The van der Waals surface area contributed by atoms with Crippen LogP contribution in [0.4, 0.5) is 4.39 Å². The summed E-state index contributed by atoms with van der Waals surface area (Å²) >= 11 is 0. The second kappa shape index (κ2) is 9.21. The molecule has 4 rings (SSSR count). The molecule has 2 bridgehead atoms. The Bertz CT molecular complexity index is 840. The SMILES string of the molecule is CCNC(=NCc1ccc(-n2ccnc2C)c(F)c1)NC1CC2CCC1O2.I. The first kappa shape index (κ1) is 21.0. The van der Waals surface area contributed by atoms with Gasteiger partial charge in [0.05, 0.1) is 30.5 Å². The van der Waals surface area contributed by atoms with Gasteiger partial charge < -0.3 is 19.9 Å². The van der Waals surface area contributed by atoms with E-state index in [0.717, 1.165) is 36.7 Å². The van der Waals surface area contributed by atoms with Gasteiger partial charge in [-0.25, -0.2) is 14.4 Å². The first-order chi connectivity index (χ1) is 13.1. The van der Waals surface area contributed by atoms with Crippen molar-refractivity contribution in [2.24, 2.45) is 4.99 Å². The zero-order valence-electron chi connectivity index (χ0n) is 16.2. The van der Waals surface area contributed by atoms with Gasteiger partial charge in [-0.15, -0.1) is 24.0 Å². The number of aromatic nitrogens is 2. The minimum Gasteiger partial charge on any atom is -0.373 e. The molecule has 0 aliphatic carbocycles. The Hall–Kier alpha value is -1.68. The number of benzene rings is 1. The van der Waals surface area contributed by atoms with Gasteiger partial charge >= 0.3 is 0 Å². The molecule has 3 unspecified atom stereocenters. The molecule has 0 spiro atoms. The third-order valence-electron chi connectivity index (χ3n) is 5.29. The van der Waals surface area contributed by atoms with Crippen molar-refractivity contribution in [3.63, 3.8) is 0 Å². The van der Waals surface area contributed by atoms with Crippen molar-refractivity contribution in [1.82, 2.24) is 20.2 Å². The number of ether oxygens (including phenoxy) is 1. The summed E-state index contributed by atoms with van der Waals surface area (Å²) in [5, 5.41) is 6.75. The molecule has 152 valence electrons. The van der Waals surface area contributed by atoms with E-state index in [2.05, 4.69) is 20.6 Å². The Morgan fingerprint density at radius 1 is 1.39 bits per heavy atom. The molecule has 0 saturated carbocycles. The average Bonchev–Trinajstić information content (AvgIpc) is 3.37. The Kier molecular flexibility index (Phi) is 6.92. The predicted octanol–water partition coefficient (Wildman–Crippen LogP) is 3.31. The van der Waals surface area contributed by atoms with Gasteiger partial charge in [0.25, 0.3) is 0 Å². The van der Waals surface area contributed by atoms with Gasteiger partial charge in [0.15, 0.2) is 5.96 Å². The van der Waals surface area contributed by atoms with Crippen LogP contribution in [0.15, 0.2) is 35.6 Å². The zero-order valence-corrected chi connectivity index (χ0v) is 18.5. The van der Waals surface area contributed by atoms with Crippen molar-refractivity contribution < 1.29 is 9.13 Å². The smallest absolute Gasteiger partial charge is 0.191 e. The topological polar surface area (TPSA) is 63.5 Å². The van der Waals surface area contributed by atoms with Crippen LogP contribution in [0.2, 0.25) is 0 Å². The number of aliphatic imine (C=N–C) groups is 1. The van der Waals surface area contributed by atoms with Gasteiger partial charge in [0.2, 0.25) is 0 Å². The molecule has 2 fully saturated rings. The molecule has 1 aromatic carbocycles. The molecule has 1 aromatic heterocycles. The molecule has 0 amide bonds. The summed E-state index contributed by atoms with van der Waals surface area (Å²) in [5.41, 5.74) is 1.33. The van der Waals surface area contributed by atoms with E-state index in [0.29, 0.717) is 24.4 Å². The van der Waals surface area contributed by atoms with E-state index in [1.165, 1.54) is 6.42 Å². The molecule has 2 aliphatic rings. The van der Waals surface area contributed by atoms with Crippen LogP contribution in [0.5, 0.6) is 0 Å². The van der Waals surface area contributed by atoms with E-state index in [1.807, 2.05) is 19.9 Å². The Morgan fingerprint density at radius 2 is 2.25 bits per heavy atom. The van der Waals surface area contributed by atoms with Crippen LogP contribution in [0.1, 0.15) is 37.6 Å². The third kappa shape index (κ3) is 4.48. The van der Waals surface area contributed by atoms with E-state index in [1.54, 1.807) is 29.1 Å². The number of nitrogens with zero attached hydrogens (tertiary/aromatic N) is 3. The van der Waals surface area contributed by atoms with Gasteiger partial charge in [0.1, 0.15) is 11.6 Å². The summed E-state index contributed by atoms with van der Waals surface area (Å²) in [4.78, 5) is 8.78. The van der Waals surface area contributed by atoms with Gasteiger partial charge in [-0.3, -0.25) is 0 Å². The Labute approximate surface area is 182 Å². The summed E-state index contributed by atoms with van der Waals surface area (Å²) in [6, 6.07) is 5.54. The van der Waals surface area contributed by atoms with Crippen LogP contribution in [0, 0.1) is 12.7 Å². The highest BCUT2D eigenvalue weighted by Crippen LogP contribution is 2.34. The van der Waals surface area contributed by atoms with Gasteiger partial charge in [-0.1, -0.05) is 6.07 Å². The molecule has 0 radical (unpaired) electrons. The van der Waals surface area contributed by atoms with E-state index >= 15 is 0 Å². The number of guanidine groups is 1. The first-order valence-electron chi connectivity index (χ1n) is 9.63. The fourth-order valence-electron chi connectivity index (χ4n) is 3.93. The lowest BCUT2D eigenvalue weighted by Crippen LogP contribution is -2.47. The molecule has 2 aromatic rings. The van der Waals surface area contributed by atoms with Crippen LogP contribution >= 0.6 is 24.0 Å². The molecule has 6 nitrogen and oxygen atoms in total. The van der Waals surface area contributed by atoms with Crippen LogP contribution in [-0.4, -0.2) is 40.3 Å². The largest absolute Gasteiger partial charge is 0.373 e. The third-order valence-corrected chi connectivity index (χ3v) is 5.29. The van der Waals surface area contributed by atoms with Crippen molar-refractivity contribution in [2.45, 2.75) is 57.9 Å². The number of halogens is 2. The molecular formula is C20H27FIN5O. The summed E-state index contributed by atoms with van der Waals surface area (Å²) < 4.78 is 22.2. The lowest BCUT2D eigenvalue weighted by atomic mass is 9.96. The summed E-state index contributed by atoms with van der Waals surface area (Å²) in [5.74, 6) is 1.24. The molecule has 3 heterocycles. The average molecular weight is 499 g/mol. The lowest BCUT2D eigenvalue weighted by Gasteiger charge is -2.22. The van der Waals surface area contributed by atoms with Crippen LogP contribution in [0.25, 0.3) is 5.69 Å². The van der Waals surface area contributed by atoms with E-state index < -0.39 is 0 Å². The van der Waals surface area contributed by atoms with E-state index in [4.69, 9.17) is 4.74 Å². The van der Waals surface area contributed by atoms with Gasteiger partial charge in [-0.05, 0) is 50.8 Å². The summed E-state index contributed by atoms with van der Waals surface area (Å²) in [7, 11) is 0. The van der Waals surface area contributed by atoms with Crippen LogP contribution in [0.3, 0.4) is 0 Å². The fraction of sp³-hybridized carbons (Fsp3) is 0.500. The lowest BCUT2D eigenvalue weighted by molar-refractivity contribution is 0.0992. The second-order valence-corrected chi connectivity index (χ2v) is 7.19. The molecule has 2 aliphatic heterocycles. The van der Waals surface area contributed by atoms with E-state index in [9.17, 15) is 4.39 Å².